The van der Waals surface area contributed by atoms with Gasteiger partial charge in [-0.2, -0.15) is 5.10 Å². The number of rotatable bonds is 1. The minimum absolute atomic E-state index is 0.527. The van der Waals surface area contributed by atoms with Gasteiger partial charge >= 0.3 is 0 Å². The molecule has 0 aliphatic carbocycles. The van der Waals surface area contributed by atoms with E-state index >= 15 is 0 Å². The highest BCUT2D eigenvalue weighted by atomic mass is 16.6. The van der Waals surface area contributed by atoms with Gasteiger partial charge in [0.05, 0.1) is 11.9 Å². The molecule has 1 aromatic carbocycles. The maximum atomic E-state index is 6.00. The first-order chi connectivity index (χ1) is 11.3. The molecule has 0 atom stereocenters. The Hall–Kier alpha value is -3.02. The summed E-state index contributed by atoms with van der Waals surface area (Å²) in [4.78, 5) is 4.57. The molecule has 1 aliphatic heterocycles. The van der Waals surface area contributed by atoms with Crippen LogP contribution in [-0.4, -0.2) is 27.8 Å². The number of nitrogens with zero attached hydrogens (tertiary/aromatic N) is 3. The molecule has 0 amide bonds. The molecule has 3 aromatic heterocycles. The van der Waals surface area contributed by atoms with Gasteiger partial charge in [0.25, 0.3) is 0 Å². The zero-order valence-corrected chi connectivity index (χ0v) is 12.4. The summed E-state index contributed by atoms with van der Waals surface area (Å²) in [7, 11) is 0. The van der Waals surface area contributed by atoms with Crippen molar-refractivity contribution in [2.75, 3.05) is 13.2 Å². The number of imidazole rings is 1. The minimum atomic E-state index is 0.527. The molecule has 0 bridgehead atoms. The summed E-state index contributed by atoms with van der Waals surface area (Å²) in [5, 5.41) is 5.38. The normalized spacial score (nSPS) is 13.8. The summed E-state index contributed by atoms with van der Waals surface area (Å²) in [6, 6.07) is 9.71. The molecule has 0 N–H and O–H groups in total. The van der Waals surface area contributed by atoms with Crippen LogP contribution in [0.25, 0.3) is 28.1 Å². The van der Waals surface area contributed by atoms with Crippen LogP contribution < -0.4 is 9.47 Å². The molecule has 0 radical (unpaired) electrons. The van der Waals surface area contributed by atoms with E-state index in [1.54, 1.807) is 4.52 Å². The lowest BCUT2D eigenvalue weighted by Crippen LogP contribution is -2.15. The average Bonchev–Trinajstić information content (AvgIpc) is 3.18. The molecule has 114 valence electrons. The highest BCUT2D eigenvalue weighted by Gasteiger charge is 2.20. The van der Waals surface area contributed by atoms with Gasteiger partial charge in [0.15, 0.2) is 22.7 Å². The quantitative estimate of drug-likeness (QED) is 0.540. The lowest BCUT2D eigenvalue weighted by molar-refractivity contribution is 0.172. The van der Waals surface area contributed by atoms with E-state index in [1.165, 1.54) is 0 Å². The Bertz CT molecular complexity index is 1050. The van der Waals surface area contributed by atoms with Gasteiger partial charge in [0.1, 0.15) is 18.9 Å². The van der Waals surface area contributed by atoms with Crippen LogP contribution in [0, 0.1) is 6.92 Å². The van der Waals surface area contributed by atoms with Crippen LogP contribution in [0.3, 0.4) is 0 Å². The summed E-state index contributed by atoms with van der Waals surface area (Å²) in [5.41, 5.74) is 3.15. The van der Waals surface area contributed by atoms with Crippen molar-refractivity contribution in [3.63, 3.8) is 0 Å². The van der Waals surface area contributed by atoms with Crippen LogP contribution in [0.4, 0.5) is 0 Å². The number of ether oxygens (including phenoxy) is 2. The minimum Gasteiger partial charge on any atom is -0.486 e. The number of aromatic nitrogens is 3. The van der Waals surface area contributed by atoms with Crippen LogP contribution in [0.15, 0.2) is 40.9 Å². The fourth-order valence-corrected chi connectivity index (χ4v) is 2.83. The van der Waals surface area contributed by atoms with Crippen LogP contribution in [0.1, 0.15) is 5.69 Å². The van der Waals surface area contributed by atoms with Crippen molar-refractivity contribution in [3.8, 4) is 23.0 Å². The van der Waals surface area contributed by atoms with E-state index in [2.05, 4.69) is 10.1 Å². The number of hydrogen-bond donors (Lipinski definition) is 0. The Morgan fingerprint density at radius 2 is 2.00 bits per heavy atom. The Morgan fingerprint density at radius 1 is 1.09 bits per heavy atom. The average molecular weight is 307 g/mol. The number of aryl methyl sites for hydroxylation is 1. The Labute approximate surface area is 131 Å². The summed E-state index contributed by atoms with van der Waals surface area (Å²) in [6.07, 6.45) is 1.86. The Kier molecular flexibility index (Phi) is 2.44. The molecular formula is C17H13N3O3. The van der Waals surface area contributed by atoms with Crippen molar-refractivity contribution in [2.45, 2.75) is 6.92 Å². The number of fused-ring (bicyclic) bond motifs is 4. The Morgan fingerprint density at radius 3 is 2.96 bits per heavy atom. The fourth-order valence-electron chi connectivity index (χ4n) is 2.83. The van der Waals surface area contributed by atoms with Crippen molar-refractivity contribution >= 4 is 16.6 Å². The number of benzene rings is 1. The summed E-state index contributed by atoms with van der Waals surface area (Å²) < 4.78 is 19.1. The first-order valence-corrected chi connectivity index (χ1v) is 7.43. The van der Waals surface area contributed by atoms with Crippen molar-refractivity contribution in [3.05, 3.63) is 42.2 Å². The first kappa shape index (κ1) is 12.5. The molecule has 0 fully saturated rings. The van der Waals surface area contributed by atoms with Gasteiger partial charge in [-0.3, -0.25) is 0 Å². The largest absolute Gasteiger partial charge is 0.486 e. The predicted molar refractivity (Wildman–Crippen MR) is 83.9 cm³/mol. The van der Waals surface area contributed by atoms with E-state index in [9.17, 15) is 0 Å². The van der Waals surface area contributed by atoms with Crippen molar-refractivity contribution in [2.24, 2.45) is 0 Å². The number of furan rings is 1. The zero-order valence-electron chi connectivity index (χ0n) is 12.4. The molecule has 6 nitrogen and oxygen atoms in total. The Balaban J connectivity index is 1.69. The van der Waals surface area contributed by atoms with Gasteiger partial charge in [-0.25, -0.2) is 9.50 Å². The van der Waals surface area contributed by atoms with E-state index in [0.29, 0.717) is 30.3 Å². The monoisotopic (exact) mass is 307 g/mol. The third-order valence-corrected chi connectivity index (χ3v) is 3.90. The molecule has 23 heavy (non-hydrogen) atoms. The number of hydrogen-bond acceptors (Lipinski definition) is 5. The second-order valence-electron chi connectivity index (χ2n) is 5.52. The lowest BCUT2D eigenvalue weighted by Gasteiger charge is -2.17. The first-order valence-electron chi connectivity index (χ1n) is 7.43. The predicted octanol–water partition coefficient (Wildman–Crippen LogP) is 3.22. The maximum absolute atomic E-state index is 6.00. The van der Waals surface area contributed by atoms with Crippen LogP contribution in [0.2, 0.25) is 0 Å². The second kappa shape index (κ2) is 4.49. The highest BCUT2D eigenvalue weighted by Crippen LogP contribution is 2.40. The van der Waals surface area contributed by atoms with Gasteiger partial charge in [-0.05, 0) is 37.3 Å². The van der Waals surface area contributed by atoms with E-state index < -0.39 is 0 Å². The smallest absolute Gasteiger partial charge is 0.205 e. The van der Waals surface area contributed by atoms with Gasteiger partial charge in [-0.15, -0.1) is 0 Å². The van der Waals surface area contributed by atoms with E-state index in [0.717, 1.165) is 28.2 Å². The summed E-state index contributed by atoms with van der Waals surface area (Å²) in [6.45, 7) is 3.03. The molecule has 6 heteroatoms. The molecule has 0 saturated carbocycles. The zero-order chi connectivity index (χ0) is 15.4. The SMILES string of the molecule is Cc1ccc2nc(-c3cc4ccc5c(c4o3)OCCO5)cn2n1. The lowest BCUT2D eigenvalue weighted by atomic mass is 10.2. The molecule has 5 rings (SSSR count). The summed E-state index contributed by atoms with van der Waals surface area (Å²) in [5.74, 6) is 2.07. The molecule has 0 unspecified atom stereocenters. The van der Waals surface area contributed by atoms with Crippen LogP contribution in [-0.2, 0) is 0 Å². The van der Waals surface area contributed by atoms with Crippen LogP contribution in [0.5, 0.6) is 11.5 Å². The van der Waals surface area contributed by atoms with E-state index in [1.807, 2.05) is 43.5 Å². The maximum Gasteiger partial charge on any atom is 0.205 e. The molecule has 4 heterocycles. The third kappa shape index (κ3) is 1.88. The molecule has 0 saturated heterocycles. The van der Waals surface area contributed by atoms with Gasteiger partial charge in [0.2, 0.25) is 5.75 Å². The van der Waals surface area contributed by atoms with Gasteiger partial charge in [0, 0.05) is 5.39 Å². The summed E-state index contributed by atoms with van der Waals surface area (Å²) >= 11 is 0. The van der Waals surface area contributed by atoms with Crippen molar-refractivity contribution in [1.82, 2.24) is 14.6 Å². The standard InChI is InChI=1S/C17H13N3O3/c1-10-2-5-15-18-12(9-20(15)19-10)14-8-11-3-4-13-17(16(11)23-14)22-7-6-21-13/h2-5,8-9H,6-7H2,1H3. The van der Waals surface area contributed by atoms with Gasteiger partial charge in [-0.1, -0.05) is 0 Å². The topological polar surface area (TPSA) is 61.8 Å². The van der Waals surface area contributed by atoms with Gasteiger partial charge < -0.3 is 13.9 Å². The fraction of sp³-hybridized carbons (Fsp3) is 0.176. The van der Waals surface area contributed by atoms with Crippen molar-refractivity contribution < 1.29 is 13.9 Å². The molecular weight excluding hydrogens is 294 g/mol. The van der Waals surface area contributed by atoms with Crippen LogP contribution >= 0.6 is 0 Å². The second-order valence-corrected chi connectivity index (χ2v) is 5.52. The molecule has 1 aliphatic rings. The van der Waals surface area contributed by atoms with E-state index in [4.69, 9.17) is 13.9 Å². The van der Waals surface area contributed by atoms with E-state index in [-0.39, 0.29) is 0 Å². The molecule has 4 aromatic rings. The third-order valence-electron chi connectivity index (χ3n) is 3.90. The van der Waals surface area contributed by atoms with Crippen molar-refractivity contribution in [1.29, 1.82) is 0 Å². The molecule has 0 spiro atoms. The highest BCUT2D eigenvalue weighted by molar-refractivity contribution is 5.89.